The van der Waals surface area contributed by atoms with Crippen molar-refractivity contribution in [3.8, 4) is 0 Å². The van der Waals surface area contributed by atoms with Gasteiger partial charge in [0.15, 0.2) is 0 Å². The highest BCUT2D eigenvalue weighted by atomic mass is 19.3. The van der Waals surface area contributed by atoms with Crippen LogP contribution in [0.5, 0.6) is 0 Å². The third-order valence-electron chi connectivity index (χ3n) is 4.24. The Labute approximate surface area is 124 Å². The van der Waals surface area contributed by atoms with E-state index in [1.54, 1.807) is 0 Å². The number of hydrogen-bond acceptors (Lipinski definition) is 2. The predicted molar refractivity (Wildman–Crippen MR) is 75.1 cm³/mol. The van der Waals surface area contributed by atoms with Crippen LogP contribution in [0.25, 0.3) is 0 Å². The summed E-state index contributed by atoms with van der Waals surface area (Å²) < 4.78 is 40.3. The minimum Gasteiger partial charge on any atom is -0.338 e. The largest absolute Gasteiger partial charge is 0.338 e. The molecule has 122 valence electrons. The third-order valence-corrected chi connectivity index (χ3v) is 4.24. The van der Waals surface area contributed by atoms with Crippen LogP contribution in [-0.2, 0) is 4.79 Å². The van der Waals surface area contributed by atoms with E-state index < -0.39 is 12.1 Å². The summed E-state index contributed by atoms with van der Waals surface area (Å²) in [6, 6.07) is -0.376. The van der Waals surface area contributed by atoms with Gasteiger partial charge >= 0.3 is 0 Å². The predicted octanol–water partition coefficient (Wildman–Crippen LogP) is 2.75. The molecule has 2 atom stereocenters. The number of carbonyl (C=O) groups excluding carboxylic acids is 1. The lowest BCUT2D eigenvalue weighted by molar-refractivity contribution is -0.138. The highest BCUT2D eigenvalue weighted by Crippen LogP contribution is 2.37. The molecular formula is C15H25F3N2O. The molecule has 6 heteroatoms. The van der Waals surface area contributed by atoms with Crippen LogP contribution in [0.3, 0.4) is 0 Å². The Hall–Kier alpha value is -0.780. The van der Waals surface area contributed by atoms with E-state index in [1.807, 2.05) is 20.8 Å². The zero-order valence-electron chi connectivity index (χ0n) is 13.0. The number of amides is 1. The van der Waals surface area contributed by atoms with Gasteiger partial charge in [-0.3, -0.25) is 4.79 Å². The normalized spacial score (nSPS) is 30.7. The van der Waals surface area contributed by atoms with Gasteiger partial charge in [0.2, 0.25) is 11.8 Å². The average molecular weight is 306 g/mol. The number of hydrogen-bond donors (Lipinski definition) is 1. The zero-order valence-corrected chi connectivity index (χ0v) is 13.0. The van der Waals surface area contributed by atoms with E-state index in [0.717, 1.165) is 0 Å². The van der Waals surface area contributed by atoms with Crippen LogP contribution >= 0.6 is 0 Å². The van der Waals surface area contributed by atoms with Crippen molar-refractivity contribution in [2.24, 2.45) is 5.92 Å². The third kappa shape index (κ3) is 4.34. The van der Waals surface area contributed by atoms with Crippen LogP contribution in [0.2, 0.25) is 0 Å². The van der Waals surface area contributed by atoms with E-state index in [-0.39, 0.29) is 55.6 Å². The van der Waals surface area contributed by atoms with Crippen LogP contribution in [0.15, 0.2) is 0 Å². The number of halogens is 3. The van der Waals surface area contributed by atoms with Crippen molar-refractivity contribution in [1.82, 2.24) is 10.2 Å². The second-order valence-corrected chi connectivity index (χ2v) is 7.39. The summed E-state index contributed by atoms with van der Waals surface area (Å²) in [4.78, 5) is 13.9. The van der Waals surface area contributed by atoms with Crippen molar-refractivity contribution in [1.29, 1.82) is 0 Å². The van der Waals surface area contributed by atoms with E-state index in [2.05, 4.69) is 5.32 Å². The van der Waals surface area contributed by atoms with Crippen molar-refractivity contribution < 1.29 is 18.0 Å². The highest BCUT2D eigenvalue weighted by Gasteiger charge is 2.42. The second-order valence-electron chi connectivity index (χ2n) is 7.39. The molecule has 2 fully saturated rings. The molecule has 1 aliphatic heterocycles. The van der Waals surface area contributed by atoms with Gasteiger partial charge in [-0.05, 0) is 33.6 Å². The van der Waals surface area contributed by atoms with Gasteiger partial charge in [0.1, 0.15) is 6.17 Å². The van der Waals surface area contributed by atoms with Gasteiger partial charge in [-0.15, -0.1) is 0 Å². The number of likely N-dealkylation sites (tertiary alicyclic amines) is 1. The molecule has 0 bridgehead atoms. The molecule has 2 aliphatic rings. The molecule has 1 saturated carbocycles. The number of carbonyl (C=O) groups is 1. The molecule has 1 saturated heterocycles. The Balaban J connectivity index is 1.90. The Morgan fingerprint density at radius 1 is 1.19 bits per heavy atom. The van der Waals surface area contributed by atoms with Crippen molar-refractivity contribution in [2.75, 3.05) is 13.1 Å². The first-order valence-corrected chi connectivity index (χ1v) is 7.66. The molecule has 1 heterocycles. The summed E-state index contributed by atoms with van der Waals surface area (Å²) in [5.74, 6) is -3.17. The van der Waals surface area contributed by atoms with Crippen molar-refractivity contribution >= 4 is 5.91 Å². The lowest BCUT2D eigenvalue weighted by atomic mass is 9.86. The van der Waals surface area contributed by atoms with Crippen molar-refractivity contribution in [3.05, 3.63) is 0 Å². The SMILES string of the molecule is CC(C)(C)N[C@@H]1CN(C(=O)C2CCC(F)(F)CC2)C[C@@H]1F. The first kappa shape index (κ1) is 16.6. The summed E-state index contributed by atoms with van der Waals surface area (Å²) in [6.45, 7) is 6.25. The topological polar surface area (TPSA) is 32.3 Å². The molecule has 1 aliphatic carbocycles. The fraction of sp³-hybridized carbons (Fsp3) is 0.933. The number of rotatable bonds is 2. The van der Waals surface area contributed by atoms with E-state index in [1.165, 1.54) is 4.90 Å². The van der Waals surface area contributed by atoms with Gasteiger partial charge in [-0.25, -0.2) is 13.2 Å². The van der Waals surface area contributed by atoms with E-state index in [9.17, 15) is 18.0 Å². The summed E-state index contributed by atoms with van der Waals surface area (Å²) in [5, 5.41) is 3.18. The summed E-state index contributed by atoms with van der Waals surface area (Å²) >= 11 is 0. The quantitative estimate of drug-likeness (QED) is 0.851. The zero-order chi connectivity index (χ0) is 15.8. The minimum atomic E-state index is -2.64. The maximum atomic E-state index is 14.0. The Morgan fingerprint density at radius 2 is 1.76 bits per heavy atom. The average Bonchev–Trinajstić information content (AvgIpc) is 2.68. The van der Waals surface area contributed by atoms with Crippen LogP contribution < -0.4 is 5.32 Å². The van der Waals surface area contributed by atoms with Gasteiger partial charge in [0.05, 0.1) is 12.6 Å². The standard InChI is InChI=1S/C15H25F3N2O/c1-14(2,3)19-12-9-20(8-11(12)16)13(21)10-4-6-15(17,18)7-5-10/h10-12,19H,4-9H2,1-3H3/t11-,12+/m0/s1. The van der Waals surface area contributed by atoms with Gasteiger partial charge in [-0.1, -0.05) is 0 Å². The van der Waals surface area contributed by atoms with Gasteiger partial charge in [0, 0.05) is 30.8 Å². The molecular weight excluding hydrogens is 281 g/mol. The lowest BCUT2D eigenvalue weighted by Crippen LogP contribution is -2.48. The molecule has 0 radical (unpaired) electrons. The fourth-order valence-corrected chi connectivity index (χ4v) is 3.18. The van der Waals surface area contributed by atoms with Crippen LogP contribution in [0.1, 0.15) is 46.5 Å². The van der Waals surface area contributed by atoms with Crippen LogP contribution in [-0.4, -0.2) is 47.6 Å². The molecule has 0 aromatic carbocycles. The molecule has 1 amide bonds. The molecule has 0 aromatic rings. The van der Waals surface area contributed by atoms with Gasteiger partial charge in [0.25, 0.3) is 0 Å². The summed E-state index contributed by atoms with van der Waals surface area (Å²) in [7, 11) is 0. The second kappa shape index (κ2) is 5.78. The maximum absolute atomic E-state index is 14.0. The number of nitrogens with one attached hydrogen (secondary N) is 1. The molecule has 21 heavy (non-hydrogen) atoms. The summed E-state index contributed by atoms with van der Waals surface area (Å²) in [5.41, 5.74) is -0.221. The van der Waals surface area contributed by atoms with Crippen molar-refractivity contribution in [3.63, 3.8) is 0 Å². The van der Waals surface area contributed by atoms with Gasteiger partial charge < -0.3 is 10.2 Å². The first-order chi connectivity index (χ1) is 9.57. The fourth-order valence-electron chi connectivity index (χ4n) is 3.18. The van der Waals surface area contributed by atoms with Crippen LogP contribution in [0.4, 0.5) is 13.2 Å². The van der Waals surface area contributed by atoms with Crippen molar-refractivity contribution in [2.45, 2.75) is 70.1 Å². The van der Waals surface area contributed by atoms with Crippen LogP contribution in [0, 0.1) is 5.92 Å². The Morgan fingerprint density at radius 3 is 2.29 bits per heavy atom. The molecule has 0 unspecified atom stereocenters. The summed E-state index contributed by atoms with van der Waals surface area (Å²) in [6.07, 6.45) is -1.16. The molecule has 3 nitrogen and oxygen atoms in total. The molecule has 0 spiro atoms. The lowest BCUT2D eigenvalue weighted by Gasteiger charge is -2.30. The Kier molecular flexibility index (Phi) is 4.57. The van der Waals surface area contributed by atoms with E-state index >= 15 is 0 Å². The minimum absolute atomic E-state index is 0.0689. The highest BCUT2D eigenvalue weighted by molar-refractivity contribution is 5.79. The smallest absolute Gasteiger partial charge is 0.248 e. The van der Waals surface area contributed by atoms with Gasteiger partial charge in [-0.2, -0.15) is 0 Å². The first-order valence-electron chi connectivity index (χ1n) is 7.66. The molecule has 1 N–H and O–H groups in total. The molecule has 2 rings (SSSR count). The Bertz CT molecular complexity index is 385. The maximum Gasteiger partial charge on any atom is 0.248 e. The number of nitrogens with zero attached hydrogens (tertiary/aromatic N) is 1. The number of alkyl halides is 3. The molecule has 0 aromatic heterocycles. The monoisotopic (exact) mass is 306 g/mol. The van der Waals surface area contributed by atoms with E-state index in [4.69, 9.17) is 0 Å². The van der Waals surface area contributed by atoms with E-state index in [0.29, 0.717) is 6.54 Å².